The highest BCUT2D eigenvalue weighted by atomic mass is 15.4. The van der Waals surface area contributed by atoms with Crippen LogP contribution in [0, 0.1) is 0 Å². The van der Waals surface area contributed by atoms with Crippen molar-refractivity contribution in [3.63, 3.8) is 0 Å². The fraction of sp³-hybridized carbons (Fsp3) is 0.364. The minimum Gasteiger partial charge on any atom is -0.396 e. The van der Waals surface area contributed by atoms with Gasteiger partial charge in [-0.15, -0.1) is 0 Å². The third-order valence-electron chi connectivity index (χ3n) is 4.19. The number of fused-ring (bicyclic) bond motifs is 2. The molecular weight excluding hydrogens is 306 g/mol. The summed E-state index contributed by atoms with van der Waals surface area (Å²) in [4.78, 5) is 0. The zero-order valence-electron chi connectivity index (χ0n) is 16.5. The Hall–Kier alpha value is -2.26. The average molecular weight is 340 g/mol. The van der Waals surface area contributed by atoms with Gasteiger partial charge < -0.3 is 10.7 Å². The van der Waals surface area contributed by atoms with Gasteiger partial charge in [0.25, 0.3) is 0 Å². The number of benzene rings is 2. The largest absolute Gasteiger partial charge is 0.396 e. The van der Waals surface area contributed by atoms with Crippen molar-refractivity contribution < 1.29 is 0 Å². The van der Waals surface area contributed by atoms with Gasteiger partial charge in [-0.25, -0.2) is 5.84 Å². The molecule has 2 aromatic carbocycles. The van der Waals surface area contributed by atoms with Gasteiger partial charge in [-0.05, 0) is 23.5 Å². The third-order valence-corrected chi connectivity index (χ3v) is 4.19. The SMILES string of the molecule is CC.CC.CC1Cc2ccccc2/C(N(C)N)=C(/N)c2ccccc21. The Kier molecular flexibility index (Phi) is 8.23. The molecule has 0 aliphatic heterocycles. The number of hydrazine groups is 1. The van der Waals surface area contributed by atoms with Crippen LogP contribution in [0.4, 0.5) is 0 Å². The first-order chi connectivity index (χ1) is 12.1. The quantitative estimate of drug-likeness (QED) is 0.568. The van der Waals surface area contributed by atoms with Crippen LogP contribution in [0.25, 0.3) is 11.4 Å². The first kappa shape index (κ1) is 20.8. The molecule has 25 heavy (non-hydrogen) atoms. The molecule has 0 saturated heterocycles. The van der Waals surface area contributed by atoms with Gasteiger partial charge in [0, 0.05) is 18.2 Å². The highest BCUT2D eigenvalue weighted by Crippen LogP contribution is 2.36. The van der Waals surface area contributed by atoms with Gasteiger partial charge >= 0.3 is 0 Å². The summed E-state index contributed by atoms with van der Waals surface area (Å²) in [6, 6.07) is 16.7. The van der Waals surface area contributed by atoms with Crippen LogP contribution >= 0.6 is 0 Å². The summed E-state index contributed by atoms with van der Waals surface area (Å²) >= 11 is 0. The second-order valence-electron chi connectivity index (χ2n) is 5.72. The lowest BCUT2D eigenvalue weighted by Crippen LogP contribution is -2.28. The Labute approximate surface area is 153 Å². The zero-order chi connectivity index (χ0) is 19.0. The van der Waals surface area contributed by atoms with E-state index in [-0.39, 0.29) is 0 Å². The fourth-order valence-electron chi connectivity index (χ4n) is 3.19. The van der Waals surface area contributed by atoms with Gasteiger partial charge in [-0.1, -0.05) is 83.1 Å². The molecule has 0 fully saturated rings. The van der Waals surface area contributed by atoms with E-state index >= 15 is 0 Å². The molecule has 1 unspecified atom stereocenters. The monoisotopic (exact) mass is 339 g/mol. The van der Waals surface area contributed by atoms with E-state index in [9.17, 15) is 0 Å². The van der Waals surface area contributed by atoms with Crippen LogP contribution in [0.15, 0.2) is 48.5 Å². The van der Waals surface area contributed by atoms with Crippen LogP contribution in [-0.4, -0.2) is 12.1 Å². The maximum absolute atomic E-state index is 6.50. The van der Waals surface area contributed by atoms with Gasteiger partial charge in [-0.2, -0.15) is 0 Å². The lowest BCUT2D eigenvalue weighted by molar-refractivity contribution is 0.510. The summed E-state index contributed by atoms with van der Waals surface area (Å²) in [5.41, 5.74) is 12.9. The van der Waals surface area contributed by atoms with Crippen LogP contribution in [0.5, 0.6) is 0 Å². The molecule has 0 radical (unpaired) electrons. The van der Waals surface area contributed by atoms with Crippen LogP contribution < -0.4 is 11.6 Å². The Morgan fingerprint density at radius 3 is 2.00 bits per heavy atom. The fourth-order valence-corrected chi connectivity index (χ4v) is 3.19. The molecule has 136 valence electrons. The van der Waals surface area contributed by atoms with Crippen molar-refractivity contribution >= 4 is 11.4 Å². The highest BCUT2D eigenvalue weighted by Gasteiger charge is 2.23. The molecular formula is C22H33N3. The first-order valence-corrected chi connectivity index (χ1v) is 9.25. The predicted octanol–water partition coefficient (Wildman–Crippen LogP) is 4.99. The van der Waals surface area contributed by atoms with Crippen LogP contribution in [0.3, 0.4) is 0 Å². The Bertz CT molecular complexity index is 702. The van der Waals surface area contributed by atoms with Crippen molar-refractivity contribution in [3.05, 3.63) is 70.8 Å². The molecule has 3 nitrogen and oxygen atoms in total. The maximum Gasteiger partial charge on any atom is 0.0825 e. The van der Waals surface area contributed by atoms with Crippen LogP contribution in [-0.2, 0) is 6.42 Å². The summed E-state index contributed by atoms with van der Waals surface area (Å²) in [5, 5.41) is 1.63. The van der Waals surface area contributed by atoms with Crippen LogP contribution in [0.2, 0.25) is 0 Å². The van der Waals surface area contributed by atoms with Crippen molar-refractivity contribution in [2.45, 2.75) is 47.0 Å². The number of rotatable bonds is 1. The molecule has 3 rings (SSSR count). The second-order valence-corrected chi connectivity index (χ2v) is 5.72. The molecule has 4 N–H and O–H groups in total. The summed E-state index contributed by atoms with van der Waals surface area (Å²) in [6.45, 7) is 10.3. The Morgan fingerprint density at radius 2 is 1.40 bits per heavy atom. The van der Waals surface area contributed by atoms with Crippen molar-refractivity contribution in [1.29, 1.82) is 0 Å². The number of hydrogen-bond donors (Lipinski definition) is 2. The molecule has 1 aliphatic rings. The number of nitrogens with zero attached hydrogens (tertiary/aromatic N) is 1. The molecule has 0 aromatic heterocycles. The molecule has 0 saturated carbocycles. The van der Waals surface area contributed by atoms with E-state index in [1.54, 1.807) is 5.01 Å². The van der Waals surface area contributed by atoms with Gasteiger partial charge in [0.2, 0.25) is 0 Å². The molecule has 0 spiro atoms. The van der Waals surface area contributed by atoms with Crippen molar-refractivity contribution in [1.82, 2.24) is 5.01 Å². The van der Waals surface area contributed by atoms with E-state index in [4.69, 9.17) is 11.6 Å². The number of hydrogen-bond acceptors (Lipinski definition) is 3. The predicted molar refractivity (Wildman–Crippen MR) is 111 cm³/mol. The van der Waals surface area contributed by atoms with Crippen LogP contribution in [0.1, 0.15) is 62.8 Å². The zero-order valence-corrected chi connectivity index (χ0v) is 16.5. The topological polar surface area (TPSA) is 55.3 Å². The lowest BCUT2D eigenvalue weighted by Gasteiger charge is -2.28. The van der Waals surface area contributed by atoms with Gasteiger partial charge in [0.15, 0.2) is 0 Å². The Balaban J connectivity index is 0.000000730. The second kappa shape index (κ2) is 9.90. The summed E-state index contributed by atoms with van der Waals surface area (Å²) in [7, 11) is 1.84. The van der Waals surface area contributed by atoms with E-state index in [0.29, 0.717) is 5.92 Å². The molecule has 0 bridgehead atoms. The van der Waals surface area contributed by atoms with Gasteiger partial charge in [0.1, 0.15) is 0 Å². The van der Waals surface area contributed by atoms with E-state index in [1.807, 2.05) is 46.9 Å². The summed E-state index contributed by atoms with van der Waals surface area (Å²) in [6.07, 6.45) is 0.984. The van der Waals surface area contributed by atoms with E-state index in [0.717, 1.165) is 28.9 Å². The van der Waals surface area contributed by atoms with Crippen molar-refractivity contribution in [3.8, 4) is 0 Å². The molecule has 1 aliphatic carbocycles. The summed E-state index contributed by atoms with van der Waals surface area (Å²) in [5.74, 6) is 6.50. The minimum atomic E-state index is 0.422. The maximum atomic E-state index is 6.50. The molecule has 1 atom stereocenters. The van der Waals surface area contributed by atoms with E-state index in [2.05, 4.69) is 43.3 Å². The van der Waals surface area contributed by atoms with Crippen molar-refractivity contribution in [2.75, 3.05) is 7.05 Å². The molecule has 0 amide bonds. The normalized spacial score (nSPS) is 18.1. The van der Waals surface area contributed by atoms with E-state index in [1.165, 1.54) is 11.1 Å². The third kappa shape index (κ3) is 4.43. The number of nitrogens with two attached hydrogens (primary N) is 2. The average Bonchev–Trinajstić information content (AvgIpc) is 2.65. The van der Waals surface area contributed by atoms with Crippen molar-refractivity contribution in [2.24, 2.45) is 11.6 Å². The first-order valence-electron chi connectivity index (χ1n) is 9.25. The molecule has 2 aromatic rings. The molecule has 0 heterocycles. The molecule has 3 heteroatoms. The lowest BCUT2D eigenvalue weighted by atomic mass is 9.84. The smallest absolute Gasteiger partial charge is 0.0825 e. The summed E-state index contributed by atoms with van der Waals surface area (Å²) < 4.78 is 0. The highest BCUT2D eigenvalue weighted by molar-refractivity contribution is 5.90. The van der Waals surface area contributed by atoms with Gasteiger partial charge in [0.05, 0.1) is 11.4 Å². The Morgan fingerprint density at radius 1 is 0.880 bits per heavy atom. The van der Waals surface area contributed by atoms with E-state index < -0.39 is 0 Å². The standard InChI is InChI=1S/C18H21N3.2C2H6/c1-12-11-13-7-3-4-9-15(13)18(21(2)20)17(19)16-10-6-5-8-14(12)16;2*1-2/h3-10,12H,11,19-20H2,1-2H3;2*1-2H3/b18-17-;;. The van der Waals surface area contributed by atoms with Gasteiger partial charge in [-0.3, -0.25) is 0 Å². The minimum absolute atomic E-state index is 0.422.